The zero-order valence-electron chi connectivity index (χ0n) is 43.7. The Balaban J connectivity index is 3.50. The van der Waals surface area contributed by atoms with Crippen LogP contribution in [0.1, 0.15) is 316 Å². The Morgan fingerprint density at radius 1 is 0.415 bits per heavy atom. The first kappa shape index (κ1) is 63.3. The van der Waals surface area contributed by atoms with Crippen molar-refractivity contribution in [3.63, 3.8) is 0 Å². The standard InChI is InChI=1S/C59H113NO5/c1-3-5-7-9-11-13-15-17-19-21-22-23-24-25-26-28-31-35-39-43-47-51-57(62)56(55-61)60-58(63)52-48-44-40-36-32-30-34-38-42-46-50-54-65-59(64)53-49-45-41-37-33-29-27-20-18-16-14-12-10-8-6-4-2/h20,27,34,38,56-57,61-62H,3-19,21-26,28-33,35-37,39-55H2,1-2H3,(H,60,63)/b27-20-,38-34-. The molecule has 0 fully saturated rings. The summed E-state index contributed by atoms with van der Waals surface area (Å²) in [5.74, 6) is -0.0997. The summed E-state index contributed by atoms with van der Waals surface area (Å²) in [5, 5.41) is 23.3. The maximum atomic E-state index is 12.5. The van der Waals surface area contributed by atoms with Gasteiger partial charge in [0.1, 0.15) is 0 Å². The lowest BCUT2D eigenvalue weighted by atomic mass is 10.0. The fraction of sp³-hybridized carbons (Fsp3) is 0.898. The van der Waals surface area contributed by atoms with Crippen molar-refractivity contribution in [1.29, 1.82) is 0 Å². The normalized spacial score (nSPS) is 12.7. The average molecular weight is 917 g/mol. The average Bonchev–Trinajstić information content (AvgIpc) is 3.31. The highest BCUT2D eigenvalue weighted by Crippen LogP contribution is 2.17. The molecule has 6 nitrogen and oxygen atoms in total. The lowest BCUT2D eigenvalue weighted by molar-refractivity contribution is -0.143. The van der Waals surface area contributed by atoms with E-state index in [-0.39, 0.29) is 18.5 Å². The van der Waals surface area contributed by atoms with Crippen LogP contribution in [0.5, 0.6) is 0 Å². The van der Waals surface area contributed by atoms with E-state index >= 15 is 0 Å². The first-order valence-electron chi connectivity index (χ1n) is 29.1. The van der Waals surface area contributed by atoms with Crippen molar-refractivity contribution in [2.24, 2.45) is 0 Å². The van der Waals surface area contributed by atoms with Crippen molar-refractivity contribution >= 4 is 11.9 Å². The van der Waals surface area contributed by atoms with Crippen LogP contribution in [0, 0.1) is 0 Å². The molecule has 65 heavy (non-hydrogen) atoms. The quantitative estimate of drug-likeness (QED) is 0.0321. The third-order valence-corrected chi connectivity index (χ3v) is 13.5. The summed E-state index contributed by atoms with van der Waals surface area (Å²) < 4.78 is 5.44. The van der Waals surface area contributed by atoms with Crippen LogP contribution in [0.4, 0.5) is 0 Å². The van der Waals surface area contributed by atoms with E-state index in [0.717, 1.165) is 83.5 Å². The summed E-state index contributed by atoms with van der Waals surface area (Å²) in [6.07, 6.45) is 66.0. The lowest BCUT2D eigenvalue weighted by Crippen LogP contribution is -2.45. The Kier molecular flexibility index (Phi) is 53.5. The van der Waals surface area contributed by atoms with Gasteiger partial charge in [0.25, 0.3) is 0 Å². The van der Waals surface area contributed by atoms with Crippen molar-refractivity contribution in [3.8, 4) is 0 Å². The number of hydrogen-bond donors (Lipinski definition) is 3. The number of allylic oxidation sites excluding steroid dienone is 4. The topological polar surface area (TPSA) is 95.9 Å². The van der Waals surface area contributed by atoms with E-state index < -0.39 is 12.1 Å². The molecule has 1 amide bonds. The third kappa shape index (κ3) is 51.6. The first-order valence-corrected chi connectivity index (χ1v) is 29.1. The van der Waals surface area contributed by atoms with Gasteiger partial charge in [0.05, 0.1) is 25.4 Å². The van der Waals surface area contributed by atoms with Gasteiger partial charge in [-0.1, -0.05) is 250 Å². The van der Waals surface area contributed by atoms with Gasteiger partial charge in [-0.3, -0.25) is 9.59 Å². The monoisotopic (exact) mass is 916 g/mol. The van der Waals surface area contributed by atoms with Crippen LogP contribution >= 0.6 is 0 Å². The molecule has 0 aromatic carbocycles. The molecule has 0 rings (SSSR count). The molecule has 6 heteroatoms. The van der Waals surface area contributed by atoms with Crippen molar-refractivity contribution in [2.75, 3.05) is 13.2 Å². The molecule has 0 aromatic heterocycles. The molecule has 0 radical (unpaired) electrons. The number of carbonyl (C=O) groups excluding carboxylic acids is 2. The van der Waals surface area contributed by atoms with Gasteiger partial charge in [0.15, 0.2) is 0 Å². The molecule has 0 saturated heterocycles. The fourth-order valence-electron chi connectivity index (χ4n) is 8.98. The van der Waals surface area contributed by atoms with E-state index in [9.17, 15) is 19.8 Å². The number of aliphatic hydroxyl groups excluding tert-OH is 2. The maximum absolute atomic E-state index is 12.5. The Morgan fingerprint density at radius 2 is 0.723 bits per heavy atom. The van der Waals surface area contributed by atoms with Crippen molar-refractivity contribution < 1.29 is 24.5 Å². The van der Waals surface area contributed by atoms with Gasteiger partial charge in [-0.2, -0.15) is 0 Å². The molecule has 0 aromatic rings. The molecular formula is C59H113NO5. The second-order valence-electron chi connectivity index (χ2n) is 20.0. The highest BCUT2D eigenvalue weighted by atomic mass is 16.5. The summed E-state index contributed by atoms with van der Waals surface area (Å²) in [6, 6.07) is -0.564. The predicted molar refractivity (Wildman–Crippen MR) is 283 cm³/mol. The zero-order chi connectivity index (χ0) is 47.2. The van der Waals surface area contributed by atoms with E-state index in [0.29, 0.717) is 25.9 Å². The van der Waals surface area contributed by atoms with Gasteiger partial charge in [-0.25, -0.2) is 0 Å². The second kappa shape index (κ2) is 54.9. The fourth-order valence-corrected chi connectivity index (χ4v) is 8.98. The van der Waals surface area contributed by atoms with E-state index in [1.54, 1.807) is 0 Å². The zero-order valence-corrected chi connectivity index (χ0v) is 43.7. The van der Waals surface area contributed by atoms with Gasteiger partial charge in [-0.05, 0) is 77.0 Å². The number of nitrogens with one attached hydrogen (secondary N) is 1. The van der Waals surface area contributed by atoms with E-state index in [4.69, 9.17) is 4.74 Å². The van der Waals surface area contributed by atoms with E-state index in [1.165, 1.54) is 199 Å². The minimum absolute atomic E-state index is 0.0378. The number of hydrogen-bond acceptors (Lipinski definition) is 5. The molecule has 2 unspecified atom stereocenters. The molecule has 0 aliphatic rings. The van der Waals surface area contributed by atoms with Gasteiger partial charge < -0.3 is 20.3 Å². The Labute approximate surface area is 405 Å². The van der Waals surface area contributed by atoms with Crippen molar-refractivity contribution in [3.05, 3.63) is 24.3 Å². The molecule has 0 spiro atoms. The van der Waals surface area contributed by atoms with Crippen LogP contribution in [-0.4, -0.2) is 47.4 Å². The van der Waals surface area contributed by atoms with Crippen molar-refractivity contribution in [2.45, 2.75) is 328 Å². The minimum Gasteiger partial charge on any atom is -0.466 e. The number of aliphatic hydroxyl groups is 2. The Hall–Kier alpha value is -1.66. The number of rotatable bonds is 54. The summed E-state index contributed by atoms with van der Waals surface area (Å²) in [7, 11) is 0. The van der Waals surface area contributed by atoms with Crippen LogP contribution < -0.4 is 5.32 Å². The summed E-state index contributed by atoms with van der Waals surface area (Å²) >= 11 is 0. The highest BCUT2D eigenvalue weighted by molar-refractivity contribution is 5.76. The number of carbonyl (C=O) groups is 2. The molecular weight excluding hydrogens is 803 g/mol. The van der Waals surface area contributed by atoms with Crippen LogP contribution in [0.15, 0.2) is 24.3 Å². The van der Waals surface area contributed by atoms with Gasteiger partial charge in [-0.15, -0.1) is 0 Å². The molecule has 2 atom stereocenters. The van der Waals surface area contributed by atoms with Crippen LogP contribution in [0.25, 0.3) is 0 Å². The number of esters is 1. The number of amides is 1. The molecule has 384 valence electrons. The first-order chi connectivity index (χ1) is 32.0. The Morgan fingerprint density at radius 3 is 1.09 bits per heavy atom. The van der Waals surface area contributed by atoms with Gasteiger partial charge >= 0.3 is 5.97 Å². The smallest absolute Gasteiger partial charge is 0.305 e. The maximum Gasteiger partial charge on any atom is 0.305 e. The summed E-state index contributed by atoms with van der Waals surface area (Å²) in [4.78, 5) is 24.5. The second-order valence-corrected chi connectivity index (χ2v) is 20.0. The van der Waals surface area contributed by atoms with Gasteiger partial charge in [0, 0.05) is 12.8 Å². The molecule has 0 bridgehead atoms. The minimum atomic E-state index is -0.684. The molecule has 3 N–H and O–H groups in total. The number of unbranched alkanes of at least 4 members (excludes halogenated alkanes) is 39. The largest absolute Gasteiger partial charge is 0.466 e. The number of ether oxygens (including phenoxy) is 1. The van der Waals surface area contributed by atoms with E-state index in [1.807, 2.05) is 0 Å². The lowest BCUT2D eigenvalue weighted by Gasteiger charge is -2.22. The van der Waals surface area contributed by atoms with Gasteiger partial charge in [0.2, 0.25) is 5.91 Å². The molecule has 0 aliphatic heterocycles. The SMILES string of the molecule is CCCCCCCCC/C=C\CCCCCCCC(=O)OCCCC/C=C\CCCCCCCC(=O)NC(CO)C(O)CCCCCCCCCCCCCCCCCCCCCCC. The van der Waals surface area contributed by atoms with E-state index in [2.05, 4.69) is 43.5 Å². The third-order valence-electron chi connectivity index (χ3n) is 13.5. The molecule has 0 aliphatic carbocycles. The predicted octanol–water partition coefficient (Wildman–Crippen LogP) is 17.9. The Bertz CT molecular complexity index is 1010. The highest BCUT2D eigenvalue weighted by Gasteiger charge is 2.20. The van der Waals surface area contributed by atoms with Crippen LogP contribution in [-0.2, 0) is 14.3 Å². The molecule has 0 heterocycles. The summed E-state index contributed by atoms with van der Waals surface area (Å²) in [6.45, 7) is 4.89. The summed E-state index contributed by atoms with van der Waals surface area (Å²) in [5.41, 5.74) is 0. The van der Waals surface area contributed by atoms with Crippen molar-refractivity contribution in [1.82, 2.24) is 5.32 Å². The van der Waals surface area contributed by atoms with Crippen LogP contribution in [0.3, 0.4) is 0 Å². The van der Waals surface area contributed by atoms with Crippen LogP contribution in [0.2, 0.25) is 0 Å². The molecule has 0 saturated carbocycles.